The lowest BCUT2D eigenvalue weighted by Gasteiger charge is -2.13. The zero-order chi connectivity index (χ0) is 13.0. The molecule has 1 heterocycles. The summed E-state index contributed by atoms with van der Waals surface area (Å²) in [7, 11) is 0. The van der Waals surface area contributed by atoms with Crippen molar-refractivity contribution in [3.05, 3.63) is 22.3 Å². The largest absolute Gasteiger partial charge is 0.393 e. The number of aromatic nitrogens is 1. The van der Waals surface area contributed by atoms with Crippen molar-refractivity contribution in [3.8, 4) is 0 Å². The van der Waals surface area contributed by atoms with Crippen LogP contribution in [0.3, 0.4) is 0 Å². The number of nitrogens with one attached hydrogen (secondary N) is 1. The Kier molecular flexibility index (Phi) is 5.02. The van der Waals surface area contributed by atoms with E-state index in [2.05, 4.69) is 26.2 Å². The van der Waals surface area contributed by atoms with Gasteiger partial charge in [0, 0.05) is 4.47 Å². The van der Waals surface area contributed by atoms with Gasteiger partial charge in [-0.2, -0.15) is 0 Å². The molecule has 0 fully saturated rings. The zero-order valence-electron chi connectivity index (χ0n) is 9.66. The van der Waals surface area contributed by atoms with E-state index in [9.17, 15) is 4.79 Å². The second-order valence-corrected chi connectivity index (χ2v) is 4.94. The standard InChI is InChI=1S/C11H14BrN3OS/c1-3-7(10(13)17)11(16)15-9-5-4-8(12)6(2)14-9/h4-5,7H,3H2,1-2H3,(H2,13,17)(H,14,15,16). The Balaban J connectivity index is 2.80. The van der Waals surface area contributed by atoms with Crippen molar-refractivity contribution in [2.24, 2.45) is 11.7 Å². The Morgan fingerprint density at radius 1 is 1.65 bits per heavy atom. The van der Waals surface area contributed by atoms with E-state index in [1.807, 2.05) is 19.9 Å². The lowest BCUT2D eigenvalue weighted by molar-refractivity contribution is -0.118. The van der Waals surface area contributed by atoms with Gasteiger partial charge in [-0.25, -0.2) is 4.98 Å². The second-order valence-electron chi connectivity index (χ2n) is 3.62. The Hall–Kier alpha value is -1.01. The molecule has 0 spiro atoms. The van der Waals surface area contributed by atoms with E-state index in [0.29, 0.717) is 12.2 Å². The number of halogens is 1. The molecule has 0 aliphatic rings. The number of carbonyl (C=O) groups excluding carboxylic acids is 1. The van der Waals surface area contributed by atoms with Crippen LogP contribution in [0.1, 0.15) is 19.0 Å². The summed E-state index contributed by atoms with van der Waals surface area (Å²) in [6.07, 6.45) is 0.580. The van der Waals surface area contributed by atoms with Crippen molar-refractivity contribution in [1.82, 2.24) is 4.98 Å². The van der Waals surface area contributed by atoms with E-state index in [4.69, 9.17) is 18.0 Å². The highest BCUT2D eigenvalue weighted by atomic mass is 79.9. The molecule has 92 valence electrons. The molecule has 0 aliphatic carbocycles. The van der Waals surface area contributed by atoms with Crippen molar-refractivity contribution in [2.75, 3.05) is 5.32 Å². The van der Waals surface area contributed by atoms with Crippen LogP contribution < -0.4 is 11.1 Å². The van der Waals surface area contributed by atoms with Crippen LogP contribution in [0.15, 0.2) is 16.6 Å². The lowest BCUT2D eigenvalue weighted by Crippen LogP contribution is -2.32. The number of nitrogens with zero attached hydrogens (tertiary/aromatic N) is 1. The molecule has 1 amide bonds. The van der Waals surface area contributed by atoms with Crippen LogP contribution in [0, 0.1) is 12.8 Å². The molecule has 1 aromatic heterocycles. The summed E-state index contributed by atoms with van der Waals surface area (Å²) in [6.45, 7) is 3.72. The molecule has 6 heteroatoms. The molecule has 3 N–H and O–H groups in total. The summed E-state index contributed by atoms with van der Waals surface area (Å²) in [6, 6.07) is 3.56. The first-order valence-electron chi connectivity index (χ1n) is 5.19. The van der Waals surface area contributed by atoms with E-state index in [1.54, 1.807) is 6.07 Å². The van der Waals surface area contributed by atoms with Gasteiger partial charge < -0.3 is 11.1 Å². The highest BCUT2D eigenvalue weighted by Crippen LogP contribution is 2.17. The summed E-state index contributed by atoms with van der Waals surface area (Å²) >= 11 is 8.19. The van der Waals surface area contributed by atoms with Crippen LogP contribution in [0.25, 0.3) is 0 Å². The molecule has 1 unspecified atom stereocenters. The number of hydrogen-bond acceptors (Lipinski definition) is 3. The SMILES string of the molecule is CCC(C(=O)Nc1ccc(Br)c(C)n1)C(N)=S. The number of amides is 1. The predicted molar refractivity (Wildman–Crippen MR) is 75.9 cm³/mol. The van der Waals surface area contributed by atoms with Crippen LogP contribution >= 0.6 is 28.1 Å². The fourth-order valence-corrected chi connectivity index (χ4v) is 1.84. The van der Waals surface area contributed by atoms with Crippen LogP contribution in [-0.4, -0.2) is 15.9 Å². The molecule has 1 atom stereocenters. The molecule has 1 aromatic rings. The fourth-order valence-electron chi connectivity index (χ4n) is 1.34. The summed E-state index contributed by atoms with van der Waals surface area (Å²) in [5.74, 6) is -0.157. The highest BCUT2D eigenvalue weighted by Gasteiger charge is 2.19. The van der Waals surface area contributed by atoms with E-state index >= 15 is 0 Å². The first-order chi connectivity index (χ1) is 7.95. The molecular formula is C11H14BrN3OS. The topological polar surface area (TPSA) is 68.0 Å². The third-order valence-corrected chi connectivity index (χ3v) is 3.46. The number of thiocarbonyl (C=S) groups is 1. The third-order valence-electron chi connectivity index (χ3n) is 2.34. The van der Waals surface area contributed by atoms with Crippen molar-refractivity contribution < 1.29 is 4.79 Å². The first kappa shape index (κ1) is 14.1. The highest BCUT2D eigenvalue weighted by molar-refractivity contribution is 9.10. The van der Waals surface area contributed by atoms with Crippen LogP contribution in [0.5, 0.6) is 0 Å². The molecule has 0 saturated heterocycles. The number of pyridine rings is 1. The van der Waals surface area contributed by atoms with Crippen molar-refractivity contribution in [1.29, 1.82) is 0 Å². The molecule has 0 bridgehead atoms. The first-order valence-corrected chi connectivity index (χ1v) is 6.39. The molecule has 4 nitrogen and oxygen atoms in total. The minimum Gasteiger partial charge on any atom is -0.393 e. The Bertz CT molecular complexity index is 450. The Labute approximate surface area is 114 Å². The Morgan fingerprint density at radius 3 is 2.76 bits per heavy atom. The van der Waals surface area contributed by atoms with Gasteiger partial charge in [0.25, 0.3) is 0 Å². The van der Waals surface area contributed by atoms with Gasteiger partial charge in [-0.15, -0.1) is 0 Å². The third kappa shape index (κ3) is 3.74. The summed E-state index contributed by atoms with van der Waals surface area (Å²) in [4.78, 5) is 16.3. The summed E-state index contributed by atoms with van der Waals surface area (Å²) in [5, 5.41) is 2.70. The predicted octanol–water partition coefficient (Wildman–Crippen LogP) is 2.40. The quantitative estimate of drug-likeness (QED) is 0.837. The summed E-state index contributed by atoms with van der Waals surface area (Å²) < 4.78 is 0.900. The van der Waals surface area contributed by atoms with E-state index in [1.165, 1.54) is 0 Å². The summed E-state index contributed by atoms with van der Waals surface area (Å²) in [5.41, 5.74) is 6.31. The molecule has 17 heavy (non-hydrogen) atoms. The van der Waals surface area contributed by atoms with Crippen molar-refractivity contribution in [2.45, 2.75) is 20.3 Å². The maximum atomic E-state index is 11.9. The van der Waals surface area contributed by atoms with Gasteiger partial charge in [0.2, 0.25) is 5.91 Å². The van der Waals surface area contributed by atoms with Crippen LogP contribution in [0.4, 0.5) is 5.82 Å². The minimum atomic E-state index is -0.448. The van der Waals surface area contributed by atoms with Gasteiger partial charge in [0.05, 0.1) is 16.6 Å². The van der Waals surface area contributed by atoms with Crippen LogP contribution in [0.2, 0.25) is 0 Å². The average molecular weight is 316 g/mol. The number of carbonyl (C=O) groups is 1. The molecule has 0 aromatic carbocycles. The maximum absolute atomic E-state index is 11.9. The van der Waals surface area contributed by atoms with Gasteiger partial charge in [-0.05, 0) is 41.4 Å². The fraction of sp³-hybridized carbons (Fsp3) is 0.364. The van der Waals surface area contributed by atoms with Gasteiger partial charge in [0.1, 0.15) is 5.82 Å². The van der Waals surface area contributed by atoms with Crippen molar-refractivity contribution in [3.63, 3.8) is 0 Å². The minimum absolute atomic E-state index is 0.207. The van der Waals surface area contributed by atoms with E-state index in [-0.39, 0.29) is 10.9 Å². The second kappa shape index (κ2) is 6.07. The number of anilines is 1. The maximum Gasteiger partial charge on any atom is 0.235 e. The number of nitrogens with two attached hydrogens (primary N) is 1. The number of hydrogen-bond donors (Lipinski definition) is 2. The molecule has 1 rings (SSSR count). The monoisotopic (exact) mass is 315 g/mol. The van der Waals surface area contributed by atoms with Crippen molar-refractivity contribution >= 4 is 44.9 Å². The van der Waals surface area contributed by atoms with Gasteiger partial charge in [-0.3, -0.25) is 4.79 Å². The molecular weight excluding hydrogens is 302 g/mol. The van der Waals surface area contributed by atoms with Gasteiger partial charge >= 0.3 is 0 Å². The van der Waals surface area contributed by atoms with E-state index < -0.39 is 5.92 Å². The molecule has 0 saturated carbocycles. The average Bonchev–Trinajstić information content (AvgIpc) is 2.24. The smallest absolute Gasteiger partial charge is 0.235 e. The zero-order valence-corrected chi connectivity index (χ0v) is 12.1. The van der Waals surface area contributed by atoms with E-state index in [0.717, 1.165) is 10.2 Å². The Morgan fingerprint density at radius 2 is 2.29 bits per heavy atom. The normalized spacial score (nSPS) is 11.9. The molecule has 0 aliphatic heterocycles. The van der Waals surface area contributed by atoms with Crippen LogP contribution in [-0.2, 0) is 4.79 Å². The molecule has 0 radical (unpaired) electrons. The lowest BCUT2D eigenvalue weighted by atomic mass is 10.1. The van der Waals surface area contributed by atoms with Gasteiger partial charge in [-0.1, -0.05) is 19.1 Å². The number of aryl methyl sites for hydroxylation is 1. The van der Waals surface area contributed by atoms with Gasteiger partial charge in [0.15, 0.2) is 0 Å². The number of rotatable bonds is 4.